The number of amides is 1. The Hall–Kier alpha value is -1.86. The smallest absolute Gasteiger partial charge is 0.268 e. The Morgan fingerprint density at radius 1 is 1.38 bits per heavy atom. The minimum absolute atomic E-state index is 0.0355. The first-order valence-corrected chi connectivity index (χ1v) is 7.67. The Balaban J connectivity index is 2.23. The van der Waals surface area contributed by atoms with Crippen molar-refractivity contribution in [3.8, 4) is 0 Å². The monoisotopic (exact) mass is 367 g/mol. The number of rotatable bonds is 3. The second-order valence-corrected chi connectivity index (χ2v) is 6.83. The van der Waals surface area contributed by atoms with Gasteiger partial charge in [-0.15, -0.1) is 11.3 Å². The molecule has 0 aliphatic heterocycles. The number of amidine groups is 1. The molecule has 2 rings (SSSR count). The maximum Gasteiger partial charge on any atom is 0.268 e. The Morgan fingerprint density at radius 3 is 2.48 bits per heavy atom. The van der Waals surface area contributed by atoms with Crippen LogP contribution < -0.4 is 10.6 Å². The quantitative estimate of drug-likeness (QED) is 0.378. The molecule has 2 aromatic rings. The van der Waals surface area contributed by atoms with Gasteiger partial charge in [0.05, 0.1) is 8.66 Å². The zero-order valence-electron chi connectivity index (χ0n) is 11.5. The minimum atomic E-state index is -0.0784. The van der Waals surface area contributed by atoms with E-state index in [1.165, 1.54) is 11.3 Å². The molecule has 3 N–H and O–H groups in total. The Bertz CT molecular complexity index is 675. The van der Waals surface area contributed by atoms with Gasteiger partial charge in [0, 0.05) is 18.3 Å². The van der Waals surface area contributed by atoms with Crippen molar-refractivity contribution in [3.05, 3.63) is 50.1 Å². The topological polar surface area (TPSA) is 78.9 Å². The van der Waals surface area contributed by atoms with Crippen LogP contribution in [-0.2, 0) is 0 Å². The molecule has 5 nitrogen and oxygen atoms in total. The van der Waals surface area contributed by atoms with E-state index in [1.807, 2.05) is 13.0 Å². The molecule has 0 radical (unpaired) electrons. The summed E-state index contributed by atoms with van der Waals surface area (Å²) in [4.78, 5) is 14.6. The van der Waals surface area contributed by atoms with E-state index < -0.39 is 0 Å². The van der Waals surface area contributed by atoms with Gasteiger partial charge in [-0.1, -0.05) is 5.16 Å². The average molecular weight is 368 g/mol. The van der Waals surface area contributed by atoms with Gasteiger partial charge in [-0.2, -0.15) is 0 Å². The summed E-state index contributed by atoms with van der Waals surface area (Å²) in [6.07, 6.45) is 0. The van der Waals surface area contributed by atoms with Crippen molar-refractivity contribution in [2.45, 2.75) is 6.92 Å². The fourth-order valence-electron chi connectivity index (χ4n) is 1.76. The summed E-state index contributed by atoms with van der Waals surface area (Å²) in [6, 6.07) is 8.76. The van der Waals surface area contributed by atoms with Crippen LogP contribution in [0.3, 0.4) is 0 Å². The first-order chi connectivity index (χ1) is 9.93. The minimum Gasteiger partial charge on any atom is -0.409 e. The van der Waals surface area contributed by atoms with Crippen molar-refractivity contribution >= 4 is 44.7 Å². The molecule has 0 saturated heterocycles. The highest BCUT2D eigenvalue weighted by molar-refractivity contribution is 9.11. The van der Waals surface area contributed by atoms with Crippen LogP contribution in [-0.4, -0.2) is 24.0 Å². The summed E-state index contributed by atoms with van der Waals surface area (Å²) in [6.45, 7) is 1.95. The number of thiophene rings is 1. The molecule has 7 heteroatoms. The lowest BCUT2D eigenvalue weighted by Crippen LogP contribution is -2.25. The Morgan fingerprint density at radius 2 is 2.00 bits per heavy atom. The predicted octanol–water partition coefficient (Wildman–Crippen LogP) is 3.19. The molecular formula is C14H14BrN3O2S. The fourth-order valence-corrected chi connectivity index (χ4v) is 3.27. The highest BCUT2D eigenvalue weighted by atomic mass is 79.9. The molecule has 0 spiro atoms. The molecule has 0 saturated carbocycles. The second-order valence-electron chi connectivity index (χ2n) is 4.46. The summed E-state index contributed by atoms with van der Waals surface area (Å²) in [5.74, 6) is -0.0429. The van der Waals surface area contributed by atoms with Gasteiger partial charge < -0.3 is 15.8 Å². The predicted molar refractivity (Wildman–Crippen MR) is 88.4 cm³/mol. The number of oxime groups is 1. The molecule has 21 heavy (non-hydrogen) atoms. The van der Waals surface area contributed by atoms with Crippen LogP contribution in [0.15, 0.2) is 39.3 Å². The first kappa shape index (κ1) is 15.5. The molecule has 0 fully saturated rings. The van der Waals surface area contributed by atoms with Crippen LogP contribution in [0.5, 0.6) is 0 Å². The number of hydrogen-bond donors (Lipinski definition) is 2. The number of benzene rings is 1. The third kappa shape index (κ3) is 3.25. The molecule has 0 aliphatic rings. The fraction of sp³-hybridized carbons (Fsp3) is 0.143. The molecular weight excluding hydrogens is 354 g/mol. The van der Waals surface area contributed by atoms with Crippen molar-refractivity contribution in [3.63, 3.8) is 0 Å². The van der Waals surface area contributed by atoms with Gasteiger partial charge >= 0.3 is 0 Å². The normalized spacial score (nSPS) is 11.5. The van der Waals surface area contributed by atoms with Crippen LogP contribution in [0.25, 0.3) is 0 Å². The molecule has 0 aliphatic carbocycles. The highest BCUT2D eigenvalue weighted by Crippen LogP contribution is 2.29. The Labute approximate surface area is 134 Å². The summed E-state index contributed by atoms with van der Waals surface area (Å²) in [5, 5.41) is 11.6. The Kier molecular flexibility index (Phi) is 4.64. The molecule has 0 bridgehead atoms. The lowest BCUT2D eigenvalue weighted by Gasteiger charge is -2.16. The third-order valence-corrected chi connectivity index (χ3v) is 5.16. The zero-order chi connectivity index (χ0) is 15.6. The van der Waals surface area contributed by atoms with Crippen molar-refractivity contribution < 1.29 is 10.0 Å². The standard InChI is InChI=1S/C14H14BrN3O2S/c1-8-7-11(21-12(8)15)14(19)18(2)10-5-3-9(4-6-10)13(16)17-20/h3-7,20H,1-2H3,(H2,16,17). The number of hydrogen-bond acceptors (Lipinski definition) is 4. The zero-order valence-corrected chi connectivity index (χ0v) is 13.9. The maximum atomic E-state index is 12.4. The molecule has 1 aromatic carbocycles. The van der Waals surface area contributed by atoms with Gasteiger partial charge in [-0.3, -0.25) is 4.79 Å². The molecule has 1 amide bonds. The van der Waals surface area contributed by atoms with E-state index in [4.69, 9.17) is 10.9 Å². The number of anilines is 1. The average Bonchev–Trinajstić information content (AvgIpc) is 2.84. The van der Waals surface area contributed by atoms with Gasteiger partial charge in [-0.25, -0.2) is 0 Å². The number of carbonyl (C=O) groups excluding carboxylic acids is 1. The largest absolute Gasteiger partial charge is 0.409 e. The highest BCUT2D eigenvalue weighted by Gasteiger charge is 2.17. The number of carbonyl (C=O) groups is 1. The van der Waals surface area contributed by atoms with Crippen LogP contribution in [0, 0.1) is 6.92 Å². The van der Waals surface area contributed by atoms with E-state index in [0.29, 0.717) is 10.4 Å². The van der Waals surface area contributed by atoms with E-state index in [0.717, 1.165) is 15.0 Å². The van der Waals surface area contributed by atoms with Crippen LogP contribution >= 0.6 is 27.3 Å². The first-order valence-electron chi connectivity index (χ1n) is 6.06. The molecule has 1 aromatic heterocycles. The van der Waals surface area contributed by atoms with E-state index in [1.54, 1.807) is 36.2 Å². The van der Waals surface area contributed by atoms with Crippen LogP contribution in [0.1, 0.15) is 20.8 Å². The number of nitrogens with zero attached hydrogens (tertiary/aromatic N) is 2. The SMILES string of the molecule is Cc1cc(C(=O)N(C)c2ccc(/C(N)=N/O)cc2)sc1Br. The number of halogens is 1. The van der Waals surface area contributed by atoms with E-state index in [2.05, 4.69) is 21.1 Å². The summed E-state index contributed by atoms with van der Waals surface area (Å²) in [5.41, 5.74) is 7.87. The second kappa shape index (κ2) is 6.28. The van der Waals surface area contributed by atoms with Gasteiger partial charge in [-0.05, 0) is 58.7 Å². The van der Waals surface area contributed by atoms with Gasteiger partial charge in [0.1, 0.15) is 0 Å². The summed E-state index contributed by atoms with van der Waals surface area (Å²) in [7, 11) is 1.71. The van der Waals surface area contributed by atoms with Gasteiger partial charge in [0.2, 0.25) is 0 Å². The number of nitrogens with two attached hydrogens (primary N) is 1. The lowest BCUT2D eigenvalue weighted by molar-refractivity contribution is 0.0997. The van der Waals surface area contributed by atoms with Crippen LogP contribution in [0.4, 0.5) is 5.69 Å². The molecule has 1 heterocycles. The van der Waals surface area contributed by atoms with Crippen molar-refractivity contribution in [2.24, 2.45) is 10.9 Å². The lowest BCUT2D eigenvalue weighted by atomic mass is 10.2. The van der Waals surface area contributed by atoms with E-state index >= 15 is 0 Å². The summed E-state index contributed by atoms with van der Waals surface area (Å²) < 4.78 is 0.960. The molecule has 0 unspecified atom stereocenters. The van der Waals surface area contributed by atoms with Gasteiger partial charge in [0.15, 0.2) is 5.84 Å². The molecule has 110 valence electrons. The van der Waals surface area contributed by atoms with Gasteiger partial charge in [0.25, 0.3) is 5.91 Å². The third-order valence-electron chi connectivity index (χ3n) is 3.03. The van der Waals surface area contributed by atoms with Crippen molar-refractivity contribution in [1.82, 2.24) is 0 Å². The molecule has 0 atom stereocenters. The number of aryl methyl sites for hydroxylation is 1. The van der Waals surface area contributed by atoms with Crippen molar-refractivity contribution in [2.75, 3.05) is 11.9 Å². The van der Waals surface area contributed by atoms with Crippen LogP contribution in [0.2, 0.25) is 0 Å². The summed E-state index contributed by atoms with van der Waals surface area (Å²) >= 11 is 4.83. The maximum absolute atomic E-state index is 12.4. The van der Waals surface area contributed by atoms with E-state index in [9.17, 15) is 4.79 Å². The van der Waals surface area contributed by atoms with Crippen molar-refractivity contribution in [1.29, 1.82) is 0 Å². The van der Waals surface area contributed by atoms with E-state index in [-0.39, 0.29) is 11.7 Å².